The maximum Gasteiger partial charge on any atom is 0.0650 e. The molecule has 0 bridgehead atoms. The van der Waals surface area contributed by atoms with Gasteiger partial charge in [-0.2, -0.15) is 0 Å². The summed E-state index contributed by atoms with van der Waals surface area (Å²) in [7, 11) is 0. The van der Waals surface area contributed by atoms with Gasteiger partial charge in [0.15, 0.2) is 0 Å². The summed E-state index contributed by atoms with van der Waals surface area (Å²) < 4.78 is 11.6. The number of hydrogen-bond acceptors (Lipinski definition) is 6. The third kappa shape index (κ3) is 1.92. The SMILES string of the molecule is c1cc2cc3sc(-c4cc5sc6c7sccc7sc6c5s4)cc3cc2s1. The molecule has 0 N–H and O–H groups in total. The van der Waals surface area contributed by atoms with Crippen LogP contribution in [0, 0.1) is 0 Å². The van der Waals surface area contributed by atoms with E-state index >= 15 is 0 Å². The van der Waals surface area contributed by atoms with Gasteiger partial charge in [-0.15, -0.1) is 68.0 Å². The monoisotopic (exact) mass is 440 g/mol. The molecule has 0 nitrogen and oxygen atoms in total. The van der Waals surface area contributed by atoms with Crippen LogP contribution in [-0.2, 0) is 0 Å². The second kappa shape index (κ2) is 5.16. The summed E-state index contributed by atoms with van der Waals surface area (Å²) in [6.07, 6.45) is 0. The lowest BCUT2D eigenvalue weighted by molar-refractivity contribution is 2.01. The smallest absolute Gasteiger partial charge is 0.0650 e. The number of hydrogen-bond donors (Lipinski definition) is 0. The largest absolute Gasteiger partial charge is 0.144 e. The van der Waals surface area contributed by atoms with Gasteiger partial charge in [0.05, 0.1) is 18.8 Å². The molecule has 0 aliphatic heterocycles. The highest BCUT2D eigenvalue weighted by Gasteiger charge is 2.17. The number of benzene rings is 1. The molecule has 0 aliphatic carbocycles. The maximum atomic E-state index is 2.41. The fraction of sp³-hybridized carbons (Fsp3) is 0. The van der Waals surface area contributed by atoms with E-state index in [9.17, 15) is 0 Å². The molecule has 6 heteroatoms. The second-order valence-corrected chi connectivity index (χ2v) is 12.3. The Balaban J connectivity index is 1.46. The molecule has 0 aliphatic rings. The van der Waals surface area contributed by atoms with Crippen LogP contribution in [0.3, 0.4) is 0 Å². The summed E-state index contributed by atoms with van der Waals surface area (Å²) in [6.45, 7) is 0. The Hall–Kier alpha value is -1.28. The van der Waals surface area contributed by atoms with Crippen LogP contribution in [-0.4, -0.2) is 0 Å². The van der Waals surface area contributed by atoms with Gasteiger partial charge >= 0.3 is 0 Å². The number of fused-ring (bicyclic) bond motifs is 7. The highest BCUT2D eigenvalue weighted by atomic mass is 32.1. The van der Waals surface area contributed by atoms with Crippen LogP contribution >= 0.6 is 68.0 Å². The van der Waals surface area contributed by atoms with Gasteiger partial charge in [0.25, 0.3) is 0 Å². The van der Waals surface area contributed by atoms with Crippen LogP contribution in [0.2, 0.25) is 0 Å². The molecule has 26 heavy (non-hydrogen) atoms. The zero-order valence-electron chi connectivity index (χ0n) is 13.1. The van der Waals surface area contributed by atoms with Crippen LogP contribution < -0.4 is 0 Å². The molecule has 6 heterocycles. The van der Waals surface area contributed by atoms with Gasteiger partial charge in [-0.3, -0.25) is 0 Å². The number of rotatable bonds is 1. The zero-order valence-corrected chi connectivity index (χ0v) is 18.0. The molecule has 0 spiro atoms. The quantitative estimate of drug-likeness (QED) is 0.238. The minimum absolute atomic E-state index is 1.36. The van der Waals surface area contributed by atoms with Crippen molar-refractivity contribution in [3.63, 3.8) is 0 Å². The minimum atomic E-state index is 1.36. The van der Waals surface area contributed by atoms with Crippen molar-refractivity contribution in [3.05, 3.63) is 47.2 Å². The Kier molecular flexibility index (Phi) is 2.92. The van der Waals surface area contributed by atoms with Gasteiger partial charge in [-0.25, -0.2) is 0 Å². The van der Waals surface area contributed by atoms with E-state index < -0.39 is 0 Å². The van der Waals surface area contributed by atoms with Crippen molar-refractivity contribution in [1.82, 2.24) is 0 Å². The molecule has 0 saturated carbocycles. The lowest BCUT2D eigenvalue weighted by atomic mass is 10.2. The van der Waals surface area contributed by atoms with Gasteiger partial charge < -0.3 is 0 Å². The van der Waals surface area contributed by atoms with Crippen LogP contribution in [0.4, 0.5) is 0 Å². The lowest BCUT2D eigenvalue weighted by Crippen LogP contribution is -1.62. The molecule has 0 radical (unpaired) electrons. The average Bonchev–Trinajstić information content (AvgIpc) is 3.41. The van der Waals surface area contributed by atoms with E-state index in [1.165, 1.54) is 58.1 Å². The fourth-order valence-electron chi connectivity index (χ4n) is 3.50. The van der Waals surface area contributed by atoms with Crippen molar-refractivity contribution < 1.29 is 0 Å². The first-order valence-electron chi connectivity index (χ1n) is 8.07. The molecule has 0 atom stereocenters. The van der Waals surface area contributed by atoms with E-state index in [1.807, 2.05) is 68.0 Å². The van der Waals surface area contributed by atoms with E-state index in [0.717, 1.165) is 0 Å². The van der Waals surface area contributed by atoms with E-state index in [-0.39, 0.29) is 0 Å². The van der Waals surface area contributed by atoms with Gasteiger partial charge in [-0.1, -0.05) is 0 Å². The predicted octanol–water partition coefficient (Wildman–Crippen LogP) is 9.49. The van der Waals surface area contributed by atoms with Crippen molar-refractivity contribution in [2.45, 2.75) is 0 Å². The van der Waals surface area contributed by atoms with Gasteiger partial charge in [0.2, 0.25) is 0 Å². The molecular weight excluding hydrogens is 433 g/mol. The normalized spacial score (nSPS) is 12.6. The Bertz CT molecular complexity index is 1540. The molecular formula is C20H8S6. The van der Waals surface area contributed by atoms with Crippen molar-refractivity contribution in [2.75, 3.05) is 0 Å². The Morgan fingerprint density at radius 3 is 2.27 bits per heavy atom. The highest BCUT2D eigenvalue weighted by Crippen LogP contribution is 2.51. The van der Waals surface area contributed by atoms with E-state index in [2.05, 4.69) is 47.2 Å². The van der Waals surface area contributed by atoms with Crippen LogP contribution in [0.5, 0.6) is 0 Å². The van der Waals surface area contributed by atoms with Gasteiger partial charge in [0, 0.05) is 28.6 Å². The lowest BCUT2D eigenvalue weighted by Gasteiger charge is -1.89. The van der Waals surface area contributed by atoms with Crippen molar-refractivity contribution in [1.29, 1.82) is 0 Å². The summed E-state index contributed by atoms with van der Waals surface area (Å²) in [5.41, 5.74) is 0. The first-order valence-corrected chi connectivity index (χ1v) is 13.1. The van der Waals surface area contributed by atoms with E-state index in [1.54, 1.807) is 0 Å². The Morgan fingerprint density at radius 1 is 0.462 bits per heavy atom. The van der Waals surface area contributed by atoms with Crippen molar-refractivity contribution >= 4 is 116 Å². The Morgan fingerprint density at radius 2 is 1.27 bits per heavy atom. The topological polar surface area (TPSA) is 0 Å². The fourth-order valence-corrected chi connectivity index (χ4v) is 10.9. The maximum absolute atomic E-state index is 2.41. The molecule has 0 unspecified atom stereocenters. The summed E-state index contributed by atoms with van der Waals surface area (Å²) >= 11 is 11.5. The molecule has 124 valence electrons. The van der Waals surface area contributed by atoms with Crippen LogP contribution in [0.15, 0.2) is 47.2 Å². The third-order valence-electron chi connectivity index (χ3n) is 4.70. The number of thiophene rings is 6. The molecule has 7 rings (SSSR count). The summed E-state index contributed by atoms with van der Waals surface area (Å²) in [5, 5.41) is 7.13. The zero-order chi connectivity index (χ0) is 16.8. The first-order chi connectivity index (χ1) is 12.8. The Labute approximate surface area is 172 Å². The molecule has 6 aromatic heterocycles. The standard InChI is InChI=1S/C20H8S6/c1-3-21-12-6-10-7-14(23-13(10)5-9(1)12)15-8-16-18(25-15)20-19(26-16)17-11(24-20)2-4-22-17/h1-8H. The molecule has 1 aromatic carbocycles. The van der Waals surface area contributed by atoms with Crippen LogP contribution in [0.1, 0.15) is 0 Å². The van der Waals surface area contributed by atoms with Crippen molar-refractivity contribution in [2.24, 2.45) is 0 Å². The highest BCUT2D eigenvalue weighted by molar-refractivity contribution is 7.45. The van der Waals surface area contributed by atoms with Gasteiger partial charge in [-0.05, 0) is 57.9 Å². The van der Waals surface area contributed by atoms with E-state index in [4.69, 9.17) is 0 Å². The molecule has 0 fully saturated rings. The minimum Gasteiger partial charge on any atom is -0.144 e. The first kappa shape index (κ1) is 14.7. The van der Waals surface area contributed by atoms with Crippen LogP contribution in [0.25, 0.3) is 58.1 Å². The van der Waals surface area contributed by atoms with E-state index in [0.29, 0.717) is 0 Å². The second-order valence-electron chi connectivity index (χ2n) is 6.24. The molecule has 7 aromatic rings. The third-order valence-corrected chi connectivity index (χ3v) is 11.9. The summed E-state index contributed by atoms with van der Waals surface area (Å²) in [4.78, 5) is 2.81. The molecule has 0 amide bonds. The van der Waals surface area contributed by atoms with Crippen molar-refractivity contribution in [3.8, 4) is 9.75 Å². The van der Waals surface area contributed by atoms with Gasteiger partial charge in [0.1, 0.15) is 0 Å². The predicted molar refractivity (Wildman–Crippen MR) is 127 cm³/mol. The average molecular weight is 441 g/mol. The molecule has 0 saturated heterocycles. The summed E-state index contributed by atoms with van der Waals surface area (Å²) in [6, 6.07) is 13.9. The summed E-state index contributed by atoms with van der Waals surface area (Å²) in [5.74, 6) is 0.